The molecule has 0 aromatic carbocycles. The van der Waals surface area contributed by atoms with Gasteiger partial charge < -0.3 is 15.4 Å². The van der Waals surface area contributed by atoms with Crippen LogP contribution in [0.4, 0.5) is 4.79 Å². The van der Waals surface area contributed by atoms with Gasteiger partial charge in [-0.05, 0) is 43.6 Å². The number of rotatable bonds is 5. The molecule has 1 atom stereocenters. The van der Waals surface area contributed by atoms with Crippen molar-refractivity contribution in [1.29, 1.82) is 0 Å². The first-order chi connectivity index (χ1) is 9.28. The molecule has 0 saturated carbocycles. The molecule has 7 heteroatoms. The molecule has 1 unspecified atom stereocenters. The summed E-state index contributed by atoms with van der Waals surface area (Å²) >= 11 is 3.29. The van der Waals surface area contributed by atoms with Crippen LogP contribution in [-0.4, -0.2) is 34.8 Å². The van der Waals surface area contributed by atoms with E-state index in [1.165, 1.54) is 0 Å². The zero-order valence-corrected chi connectivity index (χ0v) is 13.8. The van der Waals surface area contributed by atoms with E-state index < -0.39 is 11.7 Å². The summed E-state index contributed by atoms with van der Waals surface area (Å²) in [5.41, 5.74) is -0.476. The van der Waals surface area contributed by atoms with Crippen LogP contribution in [-0.2, 0) is 4.74 Å². The lowest BCUT2D eigenvalue weighted by molar-refractivity contribution is 0.0528. The van der Waals surface area contributed by atoms with Crippen molar-refractivity contribution in [3.63, 3.8) is 0 Å². The summed E-state index contributed by atoms with van der Waals surface area (Å²) in [5.74, 6) is 0.713. The van der Waals surface area contributed by atoms with Crippen LogP contribution in [0.1, 0.15) is 39.6 Å². The number of carbonyl (C=O) groups excluding carboxylic acids is 1. The van der Waals surface area contributed by atoms with Gasteiger partial charge in [-0.25, -0.2) is 14.8 Å². The van der Waals surface area contributed by atoms with Crippen LogP contribution in [0, 0.1) is 0 Å². The Morgan fingerprint density at radius 2 is 1.95 bits per heavy atom. The Labute approximate surface area is 127 Å². The summed E-state index contributed by atoms with van der Waals surface area (Å²) in [6.45, 7) is 8.56. The highest BCUT2D eigenvalue weighted by Crippen LogP contribution is 2.09. The highest BCUT2D eigenvalue weighted by Gasteiger charge is 2.15. The van der Waals surface area contributed by atoms with Crippen LogP contribution in [0.25, 0.3) is 0 Å². The minimum absolute atomic E-state index is 0.0172. The molecule has 1 aromatic heterocycles. The predicted molar refractivity (Wildman–Crippen MR) is 80.4 cm³/mol. The predicted octanol–water partition coefficient (Wildman–Crippen LogP) is 2.41. The Kier molecular flexibility index (Phi) is 6.35. The number of carbonyl (C=O) groups is 1. The average Bonchev–Trinajstić information content (AvgIpc) is 2.33. The lowest BCUT2D eigenvalue weighted by Gasteiger charge is -2.20. The molecule has 1 heterocycles. The van der Waals surface area contributed by atoms with Crippen molar-refractivity contribution in [2.24, 2.45) is 0 Å². The van der Waals surface area contributed by atoms with Crippen molar-refractivity contribution in [3.8, 4) is 0 Å². The van der Waals surface area contributed by atoms with E-state index in [-0.39, 0.29) is 6.04 Å². The third-order valence-electron chi connectivity index (χ3n) is 2.27. The SMILES string of the molecule is CC(NCCNC(=O)OC(C)(C)C)c1ncc(Br)cn1. The maximum atomic E-state index is 11.4. The van der Waals surface area contributed by atoms with Crippen LogP contribution in [0.3, 0.4) is 0 Å². The van der Waals surface area contributed by atoms with Crippen molar-refractivity contribution in [1.82, 2.24) is 20.6 Å². The van der Waals surface area contributed by atoms with Crippen LogP contribution >= 0.6 is 15.9 Å². The molecule has 1 aromatic rings. The Bertz CT molecular complexity index is 431. The quantitative estimate of drug-likeness (QED) is 0.802. The Morgan fingerprint density at radius 1 is 1.35 bits per heavy atom. The second-order valence-electron chi connectivity index (χ2n) is 5.36. The van der Waals surface area contributed by atoms with Crippen LogP contribution < -0.4 is 10.6 Å². The number of hydrogen-bond donors (Lipinski definition) is 2. The largest absolute Gasteiger partial charge is 0.444 e. The molecule has 6 nitrogen and oxygen atoms in total. The molecule has 0 aliphatic carbocycles. The average molecular weight is 345 g/mol. The lowest BCUT2D eigenvalue weighted by Crippen LogP contribution is -2.37. The van der Waals surface area contributed by atoms with Crippen molar-refractivity contribution >= 4 is 22.0 Å². The molecule has 20 heavy (non-hydrogen) atoms. The highest BCUT2D eigenvalue weighted by atomic mass is 79.9. The maximum Gasteiger partial charge on any atom is 0.407 e. The zero-order valence-electron chi connectivity index (χ0n) is 12.2. The van der Waals surface area contributed by atoms with E-state index in [1.54, 1.807) is 12.4 Å². The lowest BCUT2D eigenvalue weighted by atomic mass is 10.2. The number of nitrogens with one attached hydrogen (secondary N) is 2. The van der Waals surface area contributed by atoms with Gasteiger partial charge in [-0.1, -0.05) is 0 Å². The highest BCUT2D eigenvalue weighted by molar-refractivity contribution is 9.10. The van der Waals surface area contributed by atoms with Crippen molar-refractivity contribution in [2.45, 2.75) is 39.3 Å². The number of alkyl carbamates (subject to hydrolysis) is 1. The van der Waals surface area contributed by atoms with Gasteiger partial charge in [0, 0.05) is 25.5 Å². The van der Waals surface area contributed by atoms with Gasteiger partial charge in [-0.15, -0.1) is 0 Å². The second kappa shape index (κ2) is 7.54. The number of aromatic nitrogens is 2. The smallest absolute Gasteiger partial charge is 0.407 e. The van der Waals surface area contributed by atoms with Gasteiger partial charge in [0.05, 0.1) is 10.5 Å². The van der Waals surface area contributed by atoms with Gasteiger partial charge in [-0.2, -0.15) is 0 Å². The molecule has 0 radical (unpaired) electrons. The van der Waals surface area contributed by atoms with E-state index in [4.69, 9.17) is 4.74 Å². The van der Waals surface area contributed by atoms with Crippen LogP contribution in [0.15, 0.2) is 16.9 Å². The molecule has 0 bridgehead atoms. The van der Waals surface area contributed by atoms with E-state index in [2.05, 4.69) is 36.5 Å². The summed E-state index contributed by atoms with van der Waals surface area (Å²) in [4.78, 5) is 19.8. The molecule has 2 N–H and O–H groups in total. The zero-order chi connectivity index (χ0) is 15.2. The molecule has 0 aliphatic heterocycles. The normalized spacial score (nSPS) is 12.8. The molecule has 0 saturated heterocycles. The number of halogens is 1. The number of ether oxygens (including phenoxy) is 1. The third-order valence-corrected chi connectivity index (χ3v) is 2.68. The van der Waals surface area contributed by atoms with Gasteiger partial charge in [0.2, 0.25) is 0 Å². The van der Waals surface area contributed by atoms with Gasteiger partial charge in [0.25, 0.3) is 0 Å². The Morgan fingerprint density at radius 3 is 2.50 bits per heavy atom. The van der Waals surface area contributed by atoms with Gasteiger partial charge >= 0.3 is 6.09 Å². The van der Waals surface area contributed by atoms with E-state index in [9.17, 15) is 4.79 Å². The minimum atomic E-state index is -0.476. The van der Waals surface area contributed by atoms with E-state index in [0.29, 0.717) is 18.9 Å². The maximum absolute atomic E-state index is 11.4. The molecule has 1 amide bonds. The monoisotopic (exact) mass is 344 g/mol. The van der Waals surface area contributed by atoms with Gasteiger partial charge in [0.1, 0.15) is 11.4 Å². The molecular formula is C13H21BrN4O2. The second-order valence-corrected chi connectivity index (χ2v) is 6.28. The first kappa shape index (κ1) is 16.8. The third kappa shape index (κ3) is 6.81. The Balaban J connectivity index is 2.24. The fourth-order valence-corrected chi connectivity index (χ4v) is 1.61. The van der Waals surface area contributed by atoms with Gasteiger partial charge in [-0.3, -0.25) is 0 Å². The molecule has 1 rings (SSSR count). The van der Waals surface area contributed by atoms with E-state index >= 15 is 0 Å². The molecule has 112 valence electrons. The first-order valence-electron chi connectivity index (χ1n) is 6.45. The van der Waals surface area contributed by atoms with E-state index in [1.807, 2.05) is 27.7 Å². The minimum Gasteiger partial charge on any atom is -0.444 e. The standard InChI is InChI=1S/C13H21BrN4O2/c1-9(11-17-7-10(14)8-18-11)15-5-6-16-12(19)20-13(2,3)4/h7-9,15H,5-6H2,1-4H3,(H,16,19). The summed E-state index contributed by atoms with van der Waals surface area (Å²) < 4.78 is 5.98. The summed E-state index contributed by atoms with van der Waals surface area (Å²) in [6.07, 6.45) is 3.01. The van der Waals surface area contributed by atoms with Gasteiger partial charge in [0.15, 0.2) is 0 Å². The number of amides is 1. The molecule has 0 spiro atoms. The molecule has 0 aliphatic rings. The van der Waals surface area contributed by atoms with Crippen molar-refractivity contribution in [2.75, 3.05) is 13.1 Å². The summed E-state index contributed by atoms with van der Waals surface area (Å²) in [6, 6.07) is 0.0172. The van der Waals surface area contributed by atoms with Crippen molar-refractivity contribution < 1.29 is 9.53 Å². The van der Waals surface area contributed by atoms with Crippen LogP contribution in [0.5, 0.6) is 0 Å². The number of hydrogen-bond acceptors (Lipinski definition) is 5. The number of nitrogens with zero attached hydrogens (tertiary/aromatic N) is 2. The van der Waals surface area contributed by atoms with E-state index in [0.717, 1.165) is 4.47 Å². The Hall–Kier alpha value is -1.21. The summed E-state index contributed by atoms with van der Waals surface area (Å²) in [7, 11) is 0. The summed E-state index contributed by atoms with van der Waals surface area (Å²) in [5, 5.41) is 5.91. The van der Waals surface area contributed by atoms with Crippen molar-refractivity contribution in [3.05, 3.63) is 22.7 Å². The first-order valence-corrected chi connectivity index (χ1v) is 7.25. The fraction of sp³-hybridized carbons (Fsp3) is 0.615. The van der Waals surface area contributed by atoms with Crippen LogP contribution in [0.2, 0.25) is 0 Å². The molecular weight excluding hydrogens is 324 g/mol. The molecule has 0 fully saturated rings. The topological polar surface area (TPSA) is 76.1 Å². The fourth-order valence-electron chi connectivity index (χ4n) is 1.40.